The Morgan fingerprint density at radius 3 is 2.48 bits per heavy atom. The maximum absolute atomic E-state index is 6.25. The van der Waals surface area contributed by atoms with Gasteiger partial charge in [-0.15, -0.1) is 0 Å². The molecule has 3 rings (SSSR count). The van der Waals surface area contributed by atoms with Gasteiger partial charge in [-0.25, -0.2) is 0 Å². The Balaban J connectivity index is 1.50. The van der Waals surface area contributed by atoms with Crippen LogP contribution in [0.5, 0.6) is 0 Å². The van der Waals surface area contributed by atoms with Crippen molar-refractivity contribution >= 4 is 33.7 Å². The smallest absolute Gasteiger partial charge is 0.104 e. The number of halogens is 2. The van der Waals surface area contributed by atoms with Crippen LogP contribution in [0.25, 0.3) is 0 Å². The highest BCUT2D eigenvalue weighted by Crippen LogP contribution is 2.13. The van der Waals surface area contributed by atoms with E-state index in [-0.39, 0.29) is 0 Å². The quantitative estimate of drug-likeness (QED) is 0.792. The van der Waals surface area contributed by atoms with Crippen LogP contribution >= 0.6 is 27.5 Å². The molecular formula is C18H20BrClN3+. The monoisotopic (exact) mass is 392 g/mol. The van der Waals surface area contributed by atoms with Gasteiger partial charge in [-0.2, -0.15) is 5.10 Å². The van der Waals surface area contributed by atoms with Crippen molar-refractivity contribution in [3.05, 3.63) is 69.2 Å². The lowest BCUT2D eigenvalue weighted by Gasteiger charge is -2.30. The summed E-state index contributed by atoms with van der Waals surface area (Å²) < 4.78 is 1.09. The third-order valence-corrected chi connectivity index (χ3v) is 4.98. The number of quaternary nitrogens is 1. The Labute approximate surface area is 150 Å². The van der Waals surface area contributed by atoms with Gasteiger partial charge < -0.3 is 4.90 Å². The number of benzene rings is 2. The molecule has 0 aromatic heterocycles. The summed E-state index contributed by atoms with van der Waals surface area (Å²) >= 11 is 9.70. The summed E-state index contributed by atoms with van der Waals surface area (Å²) in [5.74, 6) is 0. The maximum Gasteiger partial charge on any atom is 0.104 e. The van der Waals surface area contributed by atoms with Crippen molar-refractivity contribution in [2.45, 2.75) is 6.54 Å². The van der Waals surface area contributed by atoms with Gasteiger partial charge in [0.25, 0.3) is 0 Å². The lowest BCUT2D eigenvalue weighted by molar-refractivity contribution is -0.918. The van der Waals surface area contributed by atoms with E-state index in [1.54, 1.807) is 4.90 Å². The van der Waals surface area contributed by atoms with Crippen LogP contribution in [0.15, 0.2) is 58.1 Å². The zero-order valence-electron chi connectivity index (χ0n) is 12.9. The Morgan fingerprint density at radius 1 is 1.09 bits per heavy atom. The maximum atomic E-state index is 6.25. The first-order valence-corrected chi connectivity index (χ1v) is 8.99. The van der Waals surface area contributed by atoms with Crippen LogP contribution < -0.4 is 4.90 Å². The highest BCUT2D eigenvalue weighted by molar-refractivity contribution is 9.10. The average Bonchev–Trinajstić information content (AvgIpc) is 2.58. The Hall–Kier alpha value is -1.36. The molecule has 0 spiro atoms. The molecule has 1 fully saturated rings. The molecule has 3 nitrogen and oxygen atoms in total. The van der Waals surface area contributed by atoms with Crippen LogP contribution in [-0.2, 0) is 6.54 Å². The first-order chi connectivity index (χ1) is 11.2. The summed E-state index contributed by atoms with van der Waals surface area (Å²) in [7, 11) is 0. The molecule has 0 amide bonds. The van der Waals surface area contributed by atoms with Crippen LogP contribution in [0.1, 0.15) is 11.1 Å². The van der Waals surface area contributed by atoms with Gasteiger partial charge in [0.1, 0.15) is 6.54 Å². The van der Waals surface area contributed by atoms with E-state index < -0.39 is 0 Å². The molecular weight excluding hydrogens is 374 g/mol. The van der Waals surface area contributed by atoms with E-state index in [4.69, 9.17) is 11.6 Å². The van der Waals surface area contributed by atoms with Gasteiger partial charge in [-0.1, -0.05) is 57.9 Å². The fourth-order valence-corrected chi connectivity index (χ4v) is 3.18. The van der Waals surface area contributed by atoms with Crippen LogP contribution in [0.3, 0.4) is 0 Å². The molecule has 5 heteroatoms. The molecule has 2 aromatic carbocycles. The number of nitrogens with one attached hydrogen (secondary N) is 1. The Kier molecular flexibility index (Phi) is 5.70. The summed E-state index contributed by atoms with van der Waals surface area (Å²) in [5.41, 5.74) is 2.36. The number of piperazine rings is 1. The lowest BCUT2D eigenvalue weighted by atomic mass is 10.2. The first-order valence-electron chi connectivity index (χ1n) is 7.82. The molecule has 0 bridgehead atoms. The molecule has 0 radical (unpaired) electrons. The van der Waals surface area contributed by atoms with E-state index in [9.17, 15) is 0 Å². The molecule has 2 aromatic rings. The van der Waals surface area contributed by atoms with Crippen LogP contribution in [0, 0.1) is 0 Å². The molecule has 1 heterocycles. The second-order valence-corrected chi connectivity index (χ2v) is 7.09. The van der Waals surface area contributed by atoms with Gasteiger partial charge >= 0.3 is 0 Å². The second kappa shape index (κ2) is 7.95. The van der Waals surface area contributed by atoms with Crippen molar-refractivity contribution in [2.24, 2.45) is 5.10 Å². The minimum Gasteiger partial charge on any atom is -0.328 e. The fraction of sp³-hybridized carbons (Fsp3) is 0.278. The molecule has 120 valence electrons. The summed E-state index contributed by atoms with van der Waals surface area (Å²) in [4.78, 5) is 1.56. The number of rotatable bonds is 4. The van der Waals surface area contributed by atoms with Gasteiger partial charge in [0, 0.05) is 15.1 Å². The molecule has 0 atom stereocenters. The zero-order chi connectivity index (χ0) is 16.1. The molecule has 1 aliphatic heterocycles. The van der Waals surface area contributed by atoms with Gasteiger partial charge in [0.05, 0.1) is 32.4 Å². The van der Waals surface area contributed by atoms with Crippen LogP contribution in [0.4, 0.5) is 0 Å². The second-order valence-electron chi connectivity index (χ2n) is 5.77. The minimum absolute atomic E-state index is 0.871. The molecule has 1 aliphatic rings. The predicted molar refractivity (Wildman–Crippen MR) is 99.2 cm³/mol. The van der Waals surface area contributed by atoms with E-state index in [1.807, 2.05) is 30.5 Å². The number of hydrogen-bond acceptors (Lipinski definition) is 2. The van der Waals surface area contributed by atoms with Gasteiger partial charge in [0.15, 0.2) is 0 Å². The van der Waals surface area contributed by atoms with Crippen molar-refractivity contribution in [3.8, 4) is 0 Å². The van der Waals surface area contributed by atoms with Crippen molar-refractivity contribution in [1.82, 2.24) is 5.01 Å². The topological polar surface area (TPSA) is 20.0 Å². The third-order valence-electron chi connectivity index (χ3n) is 4.09. The highest BCUT2D eigenvalue weighted by Gasteiger charge is 2.19. The molecule has 0 saturated carbocycles. The van der Waals surface area contributed by atoms with E-state index in [0.717, 1.165) is 47.8 Å². The van der Waals surface area contributed by atoms with E-state index in [2.05, 4.69) is 50.3 Å². The van der Waals surface area contributed by atoms with Crippen LogP contribution in [-0.4, -0.2) is 37.4 Å². The van der Waals surface area contributed by atoms with E-state index >= 15 is 0 Å². The van der Waals surface area contributed by atoms with Gasteiger partial charge in [-0.3, -0.25) is 5.01 Å². The molecule has 1 saturated heterocycles. The van der Waals surface area contributed by atoms with Crippen molar-refractivity contribution in [1.29, 1.82) is 0 Å². The van der Waals surface area contributed by atoms with Crippen molar-refractivity contribution in [2.75, 3.05) is 26.2 Å². The molecule has 0 unspecified atom stereocenters. The van der Waals surface area contributed by atoms with Gasteiger partial charge in [-0.05, 0) is 23.8 Å². The number of hydrazone groups is 1. The summed E-state index contributed by atoms with van der Waals surface area (Å²) in [6.45, 7) is 5.12. The van der Waals surface area contributed by atoms with E-state index in [1.165, 1.54) is 5.56 Å². The van der Waals surface area contributed by atoms with Crippen molar-refractivity contribution < 1.29 is 4.90 Å². The SMILES string of the molecule is Clc1ccccc1C[NH+]1CCN(/N=C/c2ccc(Br)cc2)CC1. The number of hydrogen-bond donors (Lipinski definition) is 1. The molecule has 0 aliphatic carbocycles. The van der Waals surface area contributed by atoms with Crippen LogP contribution in [0.2, 0.25) is 5.02 Å². The highest BCUT2D eigenvalue weighted by atomic mass is 79.9. The Morgan fingerprint density at radius 2 is 1.78 bits per heavy atom. The first kappa shape index (κ1) is 16.5. The summed E-state index contributed by atoms with van der Waals surface area (Å²) in [6, 6.07) is 16.3. The average molecular weight is 394 g/mol. The standard InChI is InChI=1S/C18H19BrClN3/c19-17-7-5-15(6-8-17)13-21-23-11-9-22(10-12-23)14-16-3-1-2-4-18(16)20/h1-8,13H,9-12,14H2/p+1/b21-13+. The molecule has 1 N–H and O–H groups in total. The summed E-state index contributed by atoms with van der Waals surface area (Å²) in [6.07, 6.45) is 1.94. The predicted octanol–water partition coefficient (Wildman–Crippen LogP) is 2.84. The lowest BCUT2D eigenvalue weighted by Crippen LogP contribution is -3.13. The minimum atomic E-state index is 0.871. The third kappa shape index (κ3) is 4.80. The van der Waals surface area contributed by atoms with Gasteiger partial charge in [0.2, 0.25) is 0 Å². The number of nitrogens with zero attached hydrogens (tertiary/aromatic N) is 2. The van der Waals surface area contributed by atoms with Crippen molar-refractivity contribution in [3.63, 3.8) is 0 Å². The fourth-order valence-electron chi connectivity index (χ4n) is 2.71. The largest absolute Gasteiger partial charge is 0.328 e. The molecule has 23 heavy (non-hydrogen) atoms. The normalized spacial score (nSPS) is 16.2. The Bertz CT molecular complexity index is 664. The summed E-state index contributed by atoms with van der Waals surface area (Å²) in [5, 5.41) is 7.62. The zero-order valence-corrected chi connectivity index (χ0v) is 15.2. The van der Waals surface area contributed by atoms with E-state index in [0.29, 0.717) is 0 Å².